The Labute approximate surface area is 175 Å². The average molecular weight is 443 g/mol. The lowest BCUT2D eigenvalue weighted by atomic mass is 10.0. The van der Waals surface area contributed by atoms with Crippen LogP contribution in [0.15, 0.2) is 30.5 Å². The maximum Gasteiger partial charge on any atom is 0.436 e. The van der Waals surface area contributed by atoms with Gasteiger partial charge in [-0.05, 0) is 37.1 Å². The van der Waals surface area contributed by atoms with Crippen LogP contribution in [0.25, 0.3) is 5.69 Å². The van der Waals surface area contributed by atoms with Gasteiger partial charge in [0.05, 0.1) is 28.3 Å². The number of Topliss-reactive ketones (excluding diaryl/α,β-unsaturated/α-hetero) is 1. The van der Waals surface area contributed by atoms with E-state index in [1.807, 2.05) is 13.8 Å². The van der Waals surface area contributed by atoms with Crippen LogP contribution in [0.4, 0.5) is 17.6 Å². The molecule has 0 N–H and O–H groups in total. The summed E-state index contributed by atoms with van der Waals surface area (Å²) in [7, 11) is 0. The smallest absolute Gasteiger partial charge is 0.297 e. The molecule has 5 nitrogen and oxygen atoms in total. The van der Waals surface area contributed by atoms with Crippen LogP contribution in [0.3, 0.4) is 0 Å². The monoisotopic (exact) mass is 442 g/mol. The van der Waals surface area contributed by atoms with Crippen molar-refractivity contribution in [1.29, 1.82) is 0 Å². The molecule has 0 unspecified atom stereocenters. The van der Waals surface area contributed by atoms with E-state index in [9.17, 15) is 22.4 Å². The van der Waals surface area contributed by atoms with E-state index >= 15 is 0 Å². The molecule has 2 aromatic heterocycles. The minimum Gasteiger partial charge on any atom is -0.297 e. The Balaban J connectivity index is 1.85. The molecule has 2 heterocycles. The highest BCUT2D eigenvalue weighted by Gasteiger charge is 2.38. The molecule has 0 aliphatic heterocycles. The van der Waals surface area contributed by atoms with Crippen molar-refractivity contribution < 1.29 is 22.4 Å². The summed E-state index contributed by atoms with van der Waals surface area (Å²) in [5, 5.41) is 7.27. The van der Waals surface area contributed by atoms with Gasteiger partial charge in [-0.25, -0.2) is 9.07 Å². The fraction of sp³-hybridized carbons (Fsp3) is 0.350. The molecule has 3 aromatic rings. The Morgan fingerprint density at radius 1 is 1.20 bits per heavy atom. The van der Waals surface area contributed by atoms with E-state index in [1.54, 1.807) is 23.0 Å². The summed E-state index contributed by atoms with van der Waals surface area (Å²) in [6.07, 6.45) is -3.19. The Morgan fingerprint density at radius 2 is 1.83 bits per heavy atom. The van der Waals surface area contributed by atoms with Crippen molar-refractivity contribution in [2.24, 2.45) is 0 Å². The third kappa shape index (κ3) is 4.40. The lowest BCUT2D eigenvalue weighted by Crippen LogP contribution is -2.17. The van der Waals surface area contributed by atoms with Gasteiger partial charge in [0.1, 0.15) is 12.4 Å². The van der Waals surface area contributed by atoms with Crippen LogP contribution in [-0.2, 0) is 23.9 Å². The summed E-state index contributed by atoms with van der Waals surface area (Å²) in [6, 6.07) is 5.78. The molecular weight excluding hydrogens is 424 g/mol. The number of hydrogen-bond donors (Lipinski definition) is 0. The number of benzene rings is 1. The van der Waals surface area contributed by atoms with Crippen molar-refractivity contribution in [3.05, 3.63) is 63.9 Å². The van der Waals surface area contributed by atoms with Crippen LogP contribution in [0.5, 0.6) is 0 Å². The van der Waals surface area contributed by atoms with Crippen LogP contribution in [-0.4, -0.2) is 25.3 Å². The van der Waals surface area contributed by atoms with Crippen LogP contribution in [0.2, 0.25) is 5.02 Å². The van der Waals surface area contributed by atoms with Crippen LogP contribution in [0.1, 0.15) is 42.4 Å². The number of hydrogen-bond acceptors (Lipinski definition) is 3. The highest BCUT2D eigenvalue weighted by atomic mass is 35.5. The van der Waals surface area contributed by atoms with Gasteiger partial charge in [0.2, 0.25) is 0 Å². The molecule has 0 saturated heterocycles. The molecule has 0 spiro atoms. The summed E-state index contributed by atoms with van der Waals surface area (Å²) < 4.78 is 54.7. The van der Waals surface area contributed by atoms with Crippen LogP contribution >= 0.6 is 11.6 Å². The Kier molecular flexibility index (Phi) is 6.03. The molecule has 0 radical (unpaired) electrons. The van der Waals surface area contributed by atoms with Gasteiger partial charge < -0.3 is 0 Å². The van der Waals surface area contributed by atoms with Crippen LogP contribution < -0.4 is 0 Å². The van der Waals surface area contributed by atoms with E-state index in [0.29, 0.717) is 11.3 Å². The molecule has 160 valence electrons. The minimum atomic E-state index is -4.70. The summed E-state index contributed by atoms with van der Waals surface area (Å²) in [5.74, 6) is -0.719. The first-order chi connectivity index (χ1) is 14.0. The van der Waals surface area contributed by atoms with Crippen molar-refractivity contribution in [3.8, 4) is 5.69 Å². The van der Waals surface area contributed by atoms with Crippen LogP contribution in [0, 0.1) is 12.7 Å². The molecule has 1 aromatic carbocycles. The van der Waals surface area contributed by atoms with Gasteiger partial charge in [0.15, 0.2) is 11.5 Å². The van der Waals surface area contributed by atoms with Gasteiger partial charge in [0, 0.05) is 12.0 Å². The molecule has 0 amide bonds. The molecule has 3 rings (SSSR count). The van der Waals surface area contributed by atoms with Gasteiger partial charge >= 0.3 is 6.18 Å². The molecule has 10 heteroatoms. The second-order valence-electron chi connectivity index (χ2n) is 7.22. The van der Waals surface area contributed by atoms with Gasteiger partial charge in [-0.1, -0.05) is 25.4 Å². The van der Waals surface area contributed by atoms with E-state index < -0.39 is 16.9 Å². The van der Waals surface area contributed by atoms with Gasteiger partial charge in [-0.15, -0.1) is 0 Å². The maximum absolute atomic E-state index is 13.2. The standard InChI is InChI=1S/C20H19ClF4N4O/c1-11(2)18-13(9-26-29(18)15-6-4-14(22)5-7-15)8-16(30)10-28-12(3)17(21)19(27-28)20(23,24)25/h4-7,9,11H,8,10H2,1-3H3. The zero-order valence-corrected chi connectivity index (χ0v) is 17.2. The van der Waals surface area contributed by atoms with E-state index in [1.165, 1.54) is 19.1 Å². The zero-order valence-electron chi connectivity index (χ0n) is 16.5. The third-order valence-corrected chi connectivity index (χ3v) is 5.07. The molecule has 0 atom stereocenters. The first-order valence-corrected chi connectivity index (χ1v) is 9.51. The normalized spacial score (nSPS) is 12.0. The number of carbonyl (C=O) groups is 1. The minimum absolute atomic E-state index is 0.00179. The largest absolute Gasteiger partial charge is 0.436 e. The van der Waals surface area contributed by atoms with Crippen molar-refractivity contribution in [2.45, 2.75) is 45.8 Å². The fourth-order valence-corrected chi connectivity index (χ4v) is 3.47. The number of nitrogens with zero attached hydrogens (tertiary/aromatic N) is 4. The predicted octanol–water partition coefficient (Wildman–Crippen LogP) is 5.12. The Bertz CT molecular complexity index is 1070. The van der Waals surface area contributed by atoms with Crippen molar-refractivity contribution in [3.63, 3.8) is 0 Å². The average Bonchev–Trinajstić information content (AvgIpc) is 3.18. The summed E-state index contributed by atoms with van der Waals surface area (Å²) in [4.78, 5) is 12.6. The number of carbonyl (C=O) groups excluding carboxylic acids is 1. The van der Waals surface area contributed by atoms with E-state index in [0.717, 1.165) is 10.4 Å². The van der Waals surface area contributed by atoms with Gasteiger partial charge in [-0.3, -0.25) is 9.48 Å². The molecule has 0 bridgehead atoms. The topological polar surface area (TPSA) is 52.7 Å². The summed E-state index contributed by atoms with van der Waals surface area (Å²) in [6.45, 7) is 4.89. The second kappa shape index (κ2) is 8.22. The molecule has 0 aliphatic rings. The summed E-state index contributed by atoms with van der Waals surface area (Å²) in [5.41, 5.74) is 0.917. The molecular formula is C20H19ClF4N4O. The summed E-state index contributed by atoms with van der Waals surface area (Å²) >= 11 is 5.74. The number of alkyl halides is 3. The Hall–Kier alpha value is -2.68. The zero-order chi connectivity index (χ0) is 22.2. The fourth-order valence-electron chi connectivity index (χ4n) is 3.23. The Morgan fingerprint density at radius 3 is 2.37 bits per heavy atom. The lowest BCUT2D eigenvalue weighted by molar-refractivity contribution is -0.141. The van der Waals surface area contributed by atoms with Gasteiger partial charge in [0.25, 0.3) is 0 Å². The number of aromatic nitrogens is 4. The molecule has 30 heavy (non-hydrogen) atoms. The van der Waals surface area contributed by atoms with E-state index in [2.05, 4.69) is 10.2 Å². The van der Waals surface area contributed by atoms with E-state index in [-0.39, 0.29) is 36.2 Å². The number of ketones is 1. The van der Waals surface area contributed by atoms with Crippen molar-refractivity contribution in [2.75, 3.05) is 0 Å². The second-order valence-corrected chi connectivity index (χ2v) is 7.59. The molecule has 0 fully saturated rings. The lowest BCUT2D eigenvalue weighted by Gasteiger charge is -2.13. The first kappa shape index (κ1) is 22.0. The number of rotatable bonds is 6. The predicted molar refractivity (Wildman–Crippen MR) is 103 cm³/mol. The van der Waals surface area contributed by atoms with Crippen molar-refractivity contribution >= 4 is 17.4 Å². The first-order valence-electron chi connectivity index (χ1n) is 9.13. The SMILES string of the molecule is Cc1c(Cl)c(C(F)(F)F)nn1CC(=O)Cc1cnn(-c2ccc(F)cc2)c1C(C)C. The molecule has 0 aliphatic carbocycles. The number of halogens is 5. The van der Waals surface area contributed by atoms with E-state index in [4.69, 9.17) is 11.6 Å². The quantitative estimate of drug-likeness (QED) is 0.498. The van der Waals surface area contributed by atoms with Crippen molar-refractivity contribution in [1.82, 2.24) is 19.6 Å². The van der Waals surface area contributed by atoms with Gasteiger partial charge in [-0.2, -0.15) is 23.4 Å². The third-order valence-electron chi connectivity index (χ3n) is 4.62. The highest BCUT2D eigenvalue weighted by molar-refractivity contribution is 6.32. The highest BCUT2D eigenvalue weighted by Crippen LogP contribution is 2.35. The molecule has 0 saturated carbocycles. The maximum atomic E-state index is 13.2.